The normalized spacial score (nSPS) is 14.1. The molecule has 1 aliphatic rings. The number of nitrogens with zero attached hydrogens (tertiary/aromatic N) is 4. The van der Waals surface area contributed by atoms with Gasteiger partial charge in [0.15, 0.2) is 0 Å². The Bertz CT molecular complexity index is 545. The second kappa shape index (κ2) is 18.0. The lowest BCUT2D eigenvalue weighted by molar-refractivity contribution is 0.0547. The quantitative estimate of drug-likeness (QED) is 0.306. The molecule has 8 heteroatoms. The first kappa shape index (κ1) is 26.7. The molecular weight excluding hydrogens is 404 g/mol. The van der Waals surface area contributed by atoms with Crippen molar-refractivity contribution in [3.8, 4) is 0 Å². The van der Waals surface area contributed by atoms with Crippen LogP contribution in [0.25, 0.3) is 0 Å². The van der Waals surface area contributed by atoms with Gasteiger partial charge in [-0.3, -0.25) is 0 Å². The molecule has 2 heterocycles. The molecule has 0 spiro atoms. The number of nitrogens with two attached hydrogens (primary N) is 1. The number of hydrogen-bond acceptors (Lipinski definition) is 8. The van der Waals surface area contributed by atoms with Crippen LogP contribution in [0.2, 0.25) is 0 Å². The Morgan fingerprint density at radius 2 is 1.50 bits per heavy atom. The molecule has 0 amide bonds. The number of aromatic nitrogens is 3. The number of nitrogens with one attached hydrogen (secondary N) is 1. The van der Waals surface area contributed by atoms with E-state index in [0.717, 1.165) is 37.7 Å². The highest BCUT2D eigenvalue weighted by atomic mass is 16.5. The predicted molar refractivity (Wildman–Crippen MR) is 131 cm³/mol. The monoisotopic (exact) mass is 450 g/mol. The lowest BCUT2D eigenvalue weighted by atomic mass is 10.1. The van der Waals surface area contributed by atoms with E-state index in [2.05, 4.69) is 17.1 Å². The average molecular weight is 451 g/mol. The molecule has 2 rings (SSSR count). The van der Waals surface area contributed by atoms with Gasteiger partial charge in [0.2, 0.25) is 11.9 Å². The fraction of sp³-hybridized carbons (Fsp3) is 0.875. The highest BCUT2D eigenvalue weighted by Crippen LogP contribution is 2.18. The van der Waals surface area contributed by atoms with Gasteiger partial charge in [0, 0.05) is 32.6 Å². The number of piperidine rings is 1. The van der Waals surface area contributed by atoms with Crippen LogP contribution in [-0.4, -0.2) is 67.6 Å². The fourth-order valence-electron chi connectivity index (χ4n) is 3.89. The van der Waals surface area contributed by atoms with E-state index in [9.17, 15) is 0 Å². The molecule has 1 aromatic heterocycles. The molecule has 8 nitrogen and oxygen atoms in total. The SMILES string of the molecule is CCCCCCCCCCc1nc(NCCOCCOCCN)nc(N2CCCCC2)n1. The summed E-state index contributed by atoms with van der Waals surface area (Å²) in [6.07, 6.45) is 15.1. The summed E-state index contributed by atoms with van der Waals surface area (Å²) < 4.78 is 10.9. The number of rotatable bonds is 19. The summed E-state index contributed by atoms with van der Waals surface area (Å²) >= 11 is 0. The van der Waals surface area contributed by atoms with Crippen molar-refractivity contribution in [1.82, 2.24) is 15.0 Å². The van der Waals surface area contributed by atoms with Gasteiger partial charge in [0.1, 0.15) is 5.82 Å². The van der Waals surface area contributed by atoms with Crippen molar-refractivity contribution in [3.05, 3.63) is 5.82 Å². The third-order valence-electron chi connectivity index (χ3n) is 5.73. The van der Waals surface area contributed by atoms with Crippen LogP contribution < -0.4 is 16.0 Å². The number of aryl methyl sites for hydroxylation is 1. The smallest absolute Gasteiger partial charge is 0.230 e. The first-order valence-electron chi connectivity index (χ1n) is 12.9. The maximum absolute atomic E-state index is 5.60. The zero-order valence-corrected chi connectivity index (χ0v) is 20.3. The Kier molecular flexibility index (Phi) is 15.0. The zero-order valence-electron chi connectivity index (χ0n) is 20.3. The summed E-state index contributed by atoms with van der Waals surface area (Å²) in [5.74, 6) is 2.40. The number of ether oxygens (including phenoxy) is 2. The molecule has 3 N–H and O–H groups in total. The second-order valence-corrected chi connectivity index (χ2v) is 8.59. The third-order valence-corrected chi connectivity index (χ3v) is 5.73. The van der Waals surface area contributed by atoms with Gasteiger partial charge in [0.05, 0.1) is 26.4 Å². The molecule has 1 saturated heterocycles. The minimum absolute atomic E-state index is 0.543. The molecule has 1 aromatic rings. The first-order chi connectivity index (χ1) is 15.8. The van der Waals surface area contributed by atoms with E-state index in [4.69, 9.17) is 30.2 Å². The highest BCUT2D eigenvalue weighted by molar-refractivity contribution is 5.37. The van der Waals surface area contributed by atoms with Crippen molar-refractivity contribution >= 4 is 11.9 Å². The molecule has 184 valence electrons. The van der Waals surface area contributed by atoms with Gasteiger partial charge < -0.3 is 25.4 Å². The van der Waals surface area contributed by atoms with Crippen molar-refractivity contribution in [2.24, 2.45) is 5.73 Å². The van der Waals surface area contributed by atoms with E-state index in [1.807, 2.05) is 0 Å². The van der Waals surface area contributed by atoms with Gasteiger partial charge in [-0.15, -0.1) is 0 Å². The van der Waals surface area contributed by atoms with E-state index in [0.29, 0.717) is 45.5 Å². The summed E-state index contributed by atoms with van der Waals surface area (Å²) in [7, 11) is 0. The second-order valence-electron chi connectivity index (χ2n) is 8.59. The molecule has 0 saturated carbocycles. The molecule has 0 unspecified atom stereocenters. The Morgan fingerprint density at radius 1 is 0.812 bits per heavy atom. The van der Waals surface area contributed by atoms with Gasteiger partial charge in [-0.25, -0.2) is 0 Å². The van der Waals surface area contributed by atoms with Crippen LogP contribution in [0.15, 0.2) is 0 Å². The molecule has 1 aliphatic heterocycles. The summed E-state index contributed by atoms with van der Waals surface area (Å²) in [6, 6.07) is 0. The van der Waals surface area contributed by atoms with Crippen molar-refractivity contribution in [3.63, 3.8) is 0 Å². The highest BCUT2D eigenvalue weighted by Gasteiger charge is 2.16. The zero-order chi connectivity index (χ0) is 22.7. The molecule has 1 fully saturated rings. The molecular formula is C24H46N6O2. The lowest BCUT2D eigenvalue weighted by Crippen LogP contribution is -2.31. The van der Waals surface area contributed by atoms with Crippen LogP contribution in [0.4, 0.5) is 11.9 Å². The van der Waals surface area contributed by atoms with Crippen molar-refractivity contribution in [2.45, 2.75) is 84.0 Å². The standard InChI is InChI=1S/C24H46N6O2/c1-2-3-4-5-6-7-8-10-13-22-27-23(26-15-19-32-21-20-31-18-14-25)29-24(28-22)30-16-11-9-12-17-30/h2-21,25H2,1H3,(H,26,27,28,29). The van der Waals surface area contributed by atoms with Gasteiger partial charge >= 0.3 is 0 Å². The number of anilines is 2. The largest absolute Gasteiger partial charge is 0.378 e. The van der Waals surface area contributed by atoms with Crippen LogP contribution in [0.3, 0.4) is 0 Å². The van der Waals surface area contributed by atoms with E-state index in [-0.39, 0.29) is 0 Å². The summed E-state index contributed by atoms with van der Waals surface area (Å²) in [6.45, 7) is 7.85. The molecule has 0 aliphatic carbocycles. The van der Waals surface area contributed by atoms with Crippen LogP contribution in [0, 0.1) is 0 Å². The summed E-state index contributed by atoms with van der Waals surface area (Å²) in [4.78, 5) is 16.5. The minimum atomic E-state index is 0.543. The van der Waals surface area contributed by atoms with Crippen LogP contribution in [0.5, 0.6) is 0 Å². The Morgan fingerprint density at radius 3 is 2.22 bits per heavy atom. The van der Waals surface area contributed by atoms with Gasteiger partial charge in [-0.1, -0.05) is 51.9 Å². The Labute approximate surface area is 195 Å². The van der Waals surface area contributed by atoms with Crippen molar-refractivity contribution in [1.29, 1.82) is 0 Å². The maximum Gasteiger partial charge on any atom is 0.230 e. The minimum Gasteiger partial charge on any atom is -0.378 e. The summed E-state index contributed by atoms with van der Waals surface area (Å²) in [5, 5.41) is 3.32. The molecule has 0 atom stereocenters. The lowest BCUT2D eigenvalue weighted by Gasteiger charge is -2.27. The molecule has 32 heavy (non-hydrogen) atoms. The Hall–Kier alpha value is -1.51. The van der Waals surface area contributed by atoms with Gasteiger partial charge in [-0.2, -0.15) is 15.0 Å². The van der Waals surface area contributed by atoms with Crippen molar-refractivity contribution in [2.75, 3.05) is 62.8 Å². The van der Waals surface area contributed by atoms with Gasteiger partial charge in [-0.05, 0) is 25.7 Å². The first-order valence-corrected chi connectivity index (χ1v) is 12.9. The topological polar surface area (TPSA) is 98.4 Å². The van der Waals surface area contributed by atoms with E-state index in [1.54, 1.807) is 0 Å². The van der Waals surface area contributed by atoms with E-state index >= 15 is 0 Å². The predicted octanol–water partition coefficient (Wildman–Crippen LogP) is 3.95. The third kappa shape index (κ3) is 11.9. The van der Waals surface area contributed by atoms with E-state index in [1.165, 1.54) is 64.2 Å². The van der Waals surface area contributed by atoms with Crippen LogP contribution in [-0.2, 0) is 15.9 Å². The Balaban J connectivity index is 1.77. The van der Waals surface area contributed by atoms with Crippen LogP contribution in [0.1, 0.15) is 83.4 Å². The van der Waals surface area contributed by atoms with Gasteiger partial charge in [0.25, 0.3) is 0 Å². The number of unbranched alkanes of at least 4 members (excludes halogenated alkanes) is 7. The molecule has 0 bridgehead atoms. The average Bonchev–Trinajstić information content (AvgIpc) is 2.83. The van der Waals surface area contributed by atoms with E-state index < -0.39 is 0 Å². The fourth-order valence-corrected chi connectivity index (χ4v) is 3.89. The molecule has 0 aromatic carbocycles. The summed E-state index contributed by atoms with van der Waals surface area (Å²) in [5.41, 5.74) is 5.40. The maximum atomic E-state index is 5.60. The molecule has 0 radical (unpaired) electrons. The van der Waals surface area contributed by atoms with Crippen molar-refractivity contribution < 1.29 is 9.47 Å². The van der Waals surface area contributed by atoms with Crippen LogP contribution >= 0.6 is 0 Å². The number of hydrogen-bond donors (Lipinski definition) is 2.